The fourth-order valence-corrected chi connectivity index (χ4v) is 4.32. The first-order chi connectivity index (χ1) is 12.1. The molecule has 3 aliphatic heterocycles. The zero-order valence-corrected chi connectivity index (χ0v) is 15.0. The molecule has 1 spiro atoms. The first kappa shape index (κ1) is 17.0. The van der Waals surface area contributed by atoms with E-state index in [9.17, 15) is 4.79 Å². The van der Waals surface area contributed by atoms with Gasteiger partial charge in [-0.25, -0.2) is 0 Å². The third-order valence-electron chi connectivity index (χ3n) is 5.64. The van der Waals surface area contributed by atoms with E-state index >= 15 is 0 Å². The van der Waals surface area contributed by atoms with Crippen molar-refractivity contribution in [2.75, 3.05) is 39.4 Å². The fraction of sp³-hybridized carbons (Fsp3) is 0.778. The maximum Gasteiger partial charge on any atom is 0.248 e. The second-order valence-electron chi connectivity index (χ2n) is 7.70. The number of hydrogen-bond acceptors (Lipinski definition) is 5. The van der Waals surface area contributed by atoms with Gasteiger partial charge >= 0.3 is 0 Å². The quantitative estimate of drug-likeness (QED) is 0.787. The molecule has 1 aromatic rings. The number of aryl methyl sites for hydroxylation is 1. The van der Waals surface area contributed by atoms with Gasteiger partial charge < -0.3 is 14.4 Å². The highest BCUT2D eigenvalue weighted by molar-refractivity contribution is 5.77. The van der Waals surface area contributed by atoms with Crippen LogP contribution in [0.15, 0.2) is 12.4 Å². The van der Waals surface area contributed by atoms with Gasteiger partial charge in [0.1, 0.15) is 6.61 Å². The van der Waals surface area contributed by atoms with Crippen LogP contribution in [0.3, 0.4) is 0 Å². The Kier molecular flexibility index (Phi) is 4.80. The Morgan fingerprint density at radius 3 is 3.00 bits per heavy atom. The van der Waals surface area contributed by atoms with Gasteiger partial charge in [0, 0.05) is 58.0 Å². The van der Waals surface area contributed by atoms with Crippen LogP contribution in [0.5, 0.6) is 0 Å². The molecule has 7 heteroatoms. The minimum Gasteiger partial charge on any atom is -0.371 e. The molecule has 0 radical (unpaired) electrons. The molecule has 0 aromatic carbocycles. The molecule has 0 aliphatic carbocycles. The van der Waals surface area contributed by atoms with Crippen molar-refractivity contribution < 1.29 is 14.3 Å². The van der Waals surface area contributed by atoms with Crippen molar-refractivity contribution in [3.63, 3.8) is 0 Å². The SMILES string of the molecule is Cn1cc(CN2CC[C@]3(C[C@H](OCC(=O)N4CCCC4)CO3)C2)cn1. The first-order valence-electron chi connectivity index (χ1n) is 9.35. The number of carbonyl (C=O) groups excluding carboxylic acids is 1. The van der Waals surface area contributed by atoms with Crippen molar-refractivity contribution in [1.29, 1.82) is 0 Å². The molecular weight excluding hydrogens is 320 g/mol. The van der Waals surface area contributed by atoms with Crippen LogP contribution >= 0.6 is 0 Å². The van der Waals surface area contributed by atoms with Gasteiger partial charge in [-0.3, -0.25) is 14.4 Å². The molecule has 3 saturated heterocycles. The summed E-state index contributed by atoms with van der Waals surface area (Å²) < 4.78 is 13.8. The van der Waals surface area contributed by atoms with E-state index in [2.05, 4.69) is 16.2 Å². The van der Waals surface area contributed by atoms with E-state index in [1.165, 1.54) is 5.56 Å². The molecule has 0 unspecified atom stereocenters. The van der Waals surface area contributed by atoms with Crippen LogP contribution in [0.4, 0.5) is 0 Å². The summed E-state index contributed by atoms with van der Waals surface area (Å²) in [5, 5.41) is 4.24. The Hall–Kier alpha value is -1.44. The van der Waals surface area contributed by atoms with Crippen molar-refractivity contribution in [2.24, 2.45) is 7.05 Å². The zero-order chi connectivity index (χ0) is 17.3. The number of carbonyl (C=O) groups is 1. The first-order valence-corrected chi connectivity index (χ1v) is 9.35. The molecule has 7 nitrogen and oxygen atoms in total. The molecule has 1 amide bonds. The minimum atomic E-state index is -0.0937. The van der Waals surface area contributed by atoms with Crippen molar-refractivity contribution in [3.8, 4) is 0 Å². The number of hydrogen-bond donors (Lipinski definition) is 0. The van der Waals surface area contributed by atoms with Crippen molar-refractivity contribution >= 4 is 5.91 Å². The predicted molar refractivity (Wildman–Crippen MR) is 92.0 cm³/mol. The van der Waals surface area contributed by atoms with E-state index in [0.29, 0.717) is 6.61 Å². The van der Waals surface area contributed by atoms with E-state index in [1.807, 2.05) is 22.8 Å². The molecule has 0 N–H and O–H groups in total. The molecule has 138 valence electrons. The molecule has 2 atom stereocenters. The van der Waals surface area contributed by atoms with Crippen LogP contribution in [0.1, 0.15) is 31.2 Å². The van der Waals surface area contributed by atoms with Crippen LogP contribution in [0.2, 0.25) is 0 Å². The van der Waals surface area contributed by atoms with Crippen LogP contribution in [0, 0.1) is 0 Å². The lowest BCUT2D eigenvalue weighted by molar-refractivity contribution is -0.137. The molecule has 4 heterocycles. The van der Waals surface area contributed by atoms with Gasteiger partial charge in [-0.05, 0) is 19.3 Å². The summed E-state index contributed by atoms with van der Waals surface area (Å²) in [5.74, 6) is 0.128. The van der Waals surface area contributed by atoms with Gasteiger partial charge in [-0.1, -0.05) is 0 Å². The average Bonchev–Trinajstić information content (AvgIpc) is 3.37. The maximum atomic E-state index is 12.1. The van der Waals surface area contributed by atoms with Crippen molar-refractivity contribution in [3.05, 3.63) is 18.0 Å². The normalized spacial score (nSPS) is 30.0. The largest absolute Gasteiger partial charge is 0.371 e. The summed E-state index contributed by atoms with van der Waals surface area (Å²) in [5.41, 5.74) is 1.14. The van der Waals surface area contributed by atoms with Crippen LogP contribution < -0.4 is 0 Å². The number of ether oxygens (including phenoxy) is 2. The van der Waals surface area contributed by atoms with Crippen LogP contribution in [0.25, 0.3) is 0 Å². The number of nitrogens with zero attached hydrogens (tertiary/aromatic N) is 4. The van der Waals surface area contributed by atoms with Gasteiger partial charge in [0.2, 0.25) is 5.91 Å². The molecule has 3 fully saturated rings. The molecule has 3 aliphatic rings. The van der Waals surface area contributed by atoms with Crippen molar-refractivity contribution in [1.82, 2.24) is 19.6 Å². The third kappa shape index (κ3) is 3.88. The standard InChI is InChI=1S/C18H28N4O3/c1-20-10-15(9-19-20)11-21-7-4-18(14-21)8-16(12-25-18)24-13-17(23)22-5-2-3-6-22/h9-10,16H,2-8,11-14H2,1H3/t16-,18-/m0/s1. The maximum absolute atomic E-state index is 12.1. The Bertz CT molecular complexity index is 613. The Morgan fingerprint density at radius 2 is 2.24 bits per heavy atom. The Balaban J connectivity index is 1.23. The van der Waals surface area contributed by atoms with Crippen LogP contribution in [-0.4, -0.2) is 76.6 Å². The molecule has 0 bridgehead atoms. The molecule has 1 aromatic heterocycles. The molecule has 4 rings (SSSR count). The van der Waals surface area contributed by atoms with E-state index in [-0.39, 0.29) is 24.2 Å². The zero-order valence-electron chi connectivity index (χ0n) is 15.0. The minimum absolute atomic E-state index is 0.0462. The molecule has 0 saturated carbocycles. The lowest BCUT2D eigenvalue weighted by atomic mass is 9.98. The smallest absolute Gasteiger partial charge is 0.248 e. The highest BCUT2D eigenvalue weighted by Gasteiger charge is 2.46. The van der Waals surface area contributed by atoms with Crippen molar-refractivity contribution in [2.45, 2.75) is 43.9 Å². The lowest BCUT2D eigenvalue weighted by Crippen LogP contribution is -2.34. The van der Waals surface area contributed by atoms with Gasteiger partial charge in [-0.15, -0.1) is 0 Å². The number of rotatable bonds is 5. The summed E-state index contributed by atoms with van der Waals surface area (Å²) in [7, 11) is 1.94. The lowest BCUT2D eigenvalue weighted by Gasteiger charge is -2.23. The summed E-state index contributed by atoms with van der Waals surface area (Å²) in [6, 6.07) is 0. The second-order valence-corrected chi connectivity index (χ2v) is 7.70. The third-order valence-corrected chi connectivity index (χ3v) is 5.64. The Labute approximate surface area is 148 Å². The van der Waals surface area contributed by atoms with Gasteiger partial charge in [0.15, 0.2) is 0 Å². The highest BCUT2D eigenvalue weighted by Crippen LogP contribution is 2.36. The fourth-order valence-electron chi connectivity index (χ4n) is 4.32. The predicted octanol–water partition coefficient (Wildman–Crippen LogP) is 0.793. The molecule has 25 heavy (non-hydrogen) atoms. The van der Waals surface area contributed by atoms with E-state index in [0.717, 1.165) is 58.4 Å². The monoisotopic (exact) mass is 348 g/mol. The van der Waals surface area contributed by atoms with Gasteiger partial charge in [0.05, 0.1) is 24.5 Å². The summed E-state index contributed by atoms with van der Waals surface area (Å²) in [4.78, 5) is 16.5. The van der Waals surface area contributed by atoms with Gasteiger partial charge in [-0.2, -0.15) is 5.10 Å². The summed E-state index contributed by atoms with van der Waals surface area (Å²) >= 11 is 0. The second kappa shape index (κ2) is 7.05. The van der Waals surface area contributed by atoms with E-state index in [4.69, 9.17) is 9.47 Å². The number of amides is 1. The number of likely N-dealkylation sites (tertiary alicyclic amines) is 2. The summed E-state index contributed by atoms with van der Waals surface area (Å²) in [6.07, 6.45) is 8.21. The topological polar surface area (TPSA) is 59.8 Å². The van der Waals surface area contributed by atoms with Gasteiger partial charge in [0.25, 0.3) is 0 Å². The molecular formula is C18H28N4O3. The Morgan fingerprint density at radius 1 is 1.40 bits per heavy atom. The summed E-state index contributed by atoms with van der Waals surface area (Å²) in [6.45, 7) is 5.46. The highest BCUT2D eigenvalue weighted by atomic mass is 16.6. The van der Waals surface area contributed by atoms with Crippen LogP contribution in [-0.2, 0) is 27.9 Å². The number of aromatic nitrogens is 2. The average molecular weight is 348 g/mol. The van der Waals surface area contributed by atoms with E-state index in [1.54, 1.807) is 0 Å². The van der Waals surface area contributed by atoms with E-state index < -0.39 is 0 Å².